The number of hydrogen-bond donors (Lipinski definition) is 1. The van der Waals surface area contributed by atoms with Crippen molar-refractivity contribution in [2.45, 2.75) is 22.6 Å². The standard InChI is InChI=1S/C19H22N2O7S3/c1-28-19(23)16-8-11-29-18(16)20-17(22)13-6-9-21(10-7-13)31(26,27)15-5-3-4-14(12-15)30(2,24)25/h3-5,8,11-13H,6-7,9-10H2,1-2H3,(H,20,22). The molecule has 168 valence electrons. The van der Waals surface area contributed by atoms with Crippen LogP contribution in [0.5, 0.6) is 0 Å². The van der Waals surface area contributed by atoms with Gasteiger partial charge in [0.05, 0.1) is 22.5 Å². The Morgan fingerprint density at radius 2 is 1.74 bits per heavy atom. The number of esters is 1. The number of thiophene rings is 1. The van der Waals surface area contributed by atoms with Gasteiger partial charge in [0.15, 0.2) is 9.84 Å². The van der Waals surface area contributed by atoms with Crippen LogP contribution in [0.25, 0.3) is 0 Å². The minimum atomic E-state index is -3.89. The van der Waals surface area contributed by atoms with Gasteiger partial charge in [-0.1, -0.05) is 6.07 Å². The molecule has 0 aliphatic carbocycles. The van der Waals surface area contributed by atoms with Crippen molar-refractivity contribution in [2.24, 2.45) is 5.92 Å². The van der Waals surface area contributed by atoms with Gasteiger partial charge in [-0.3, -0.25) is 4.79 Å². The lowest BCUT2D eigenvalue weighted by Crippen LogP contribution is -2.41. The van der Waals surface area contributed by atoms with E-state index in [9.17, 15) is 26.4 Å². The average molecular weight is 487 g/mol. The fraction of sp³-hybridized carbons (Fsp3) is 0.368. The SMILES string of the molecule is COC(=O)c1ccsc1NC(=O)C1CCN(S(=O)(=O)c2cccc(S(C)(=O)=O)c2)CC1. The van der Waals surface area contributed by atoms with E-state index in [2.05, 4.69) is 5.32 Å². The largest absolute Gasteiger partial charge is 0.465 e. The second kappa shape index (κ2) is 9.07. The van der Waals surface area contributed by atoms with E-state index in [0.29, 0.717) is 17.8 Å². The fourth-order valence-electron chi connectivity index (χ4n) is 3.26. The van der Waals surface area contributed by atoms with Crippen molar-refractivity contribution < 1.29 is 31.2 Å². The molecule has 31 heavy (non-hydrogen) atoms. The summed E-state index contributed by atoms with van der Waals surface area (Å²) in [7, 11) is -6.17. The Balaban J connectivity index is 1.67. The summed E-state index contributed by atoms with van der Waals surface area (Å²) in [6.07, 6.45) is 1.62. The predicted octanol–water partition coefficient (Wildman–Crippen LogP) is 1.98. The van der Waals surface area contributed by atoms with Gasteiger partial charge in [0.25, 0.3) is 0 Å². The Kier molecular flexibility index (Phi) is 6.84. The first-order valence-corrected chi connectivity index (χ1v) is 13.5. The van der Waals surface area contributed by atoms with Gasteiger partial charge in [0, 0.05) is 25.3 Å². The summed E-state index contributed by atoms with van der Waals surface area (Å²) >= 11 is 1.20. The minimum Gasteiger partial charge on any atom is -0.465 e. The molecule has 1 aliphatic rings. The first-order valence-electron chi connectivity index (χ1n) is 9.31. The number of carbonyl (C=O) groups is 2. The zero-order valence-electron chi connectivity index (χ0n) is 16.9. The highest BCUT2D eigenvalue weighted by Crippen LogP contribution is 2.28. The van der Waals surface area contributed by atoms with E-state index in [0.717, 1.165) is 12.3 Å². The van der Waals surface area contributed by atoms with Crippen molar-refractivity contribution in [3.05, 3.63) is 41.3 Å². The normalized spacial score (nSPS) is 16.1. The first kappa shape index (κ1) is 23.4. The third-order valence-corrected chi connectivity index (χ3v) is 8.84. The Bertz CT molecular complexity index is 1190. The molecule has 2 aromatic rings. The Morgan fingerprint density at radius 3 is 2.35 bits per heavy atom. The van der Waals surface area contributed by atoms with E-state index < -0.39 is 31.7 Å². The molecule has 9 nitrogen and oxygen atoms in total. The molecule has 1 aliphatic heterocycles. The molecule has 0 radical (unpaired) electrons. The second-order valence-corrected chi connectivity index (χ2v) is 11.9. The number of sulfonamides is 1. The molecule has 1 aromatic carbocycles. The van der Waals surface area contributed by atoms with Crippen LogP contribution >= 0.6 is 11.3 Å². The summed E-state index contributed by atoms with van der Waals surface area (Å²) in [5.74, 6) is -1.25. The average Bonchev–Trinajstić information content (AvgIpc) is 3.20. The molecular formula is C19H22N2O7S3. The number of ether oxygens (including phenoxy) is 1. The van der Waals surface area contributed by atoms with Crippen LogP contribution in [0.2, 0.25) is 0 Å². The van der Waals surface area contributed by atoms with Crippen molar-refractivity contribution in [3.8, 4) is 0 Å². The quantitative estimate of drug-likeness (QED) is 0.619. The number of methoxy groups -OCH3 is 1. The molecule has 0 atom stereocenters. The van der Waals surface area contributed by atoms with E-state index >= 15 is 0 Å². The third kappa shape index (κ3) is 5.14. The number of anilines is 1. The van der Waals surface area contributed by atoms with E-state index in [1.54, 1.807) is 11.4 Å². The monoisotopic (exact) mass is 486 g/mol. The van der Waals surface area contributed by atoms with Gasteiger partial charge in [0.1, 0.15) is 5.00 Å². The maximum Gasteiger partial charge on any atom is 0.340 e. The Hall–Kier alpha value is -2.28. The lowest BCUT2D eigenvalue weighted by Gasteiger charge is -2.30. The van der Waals surface area contributed by atoms with Crippen molar-refractivity contribution in [3.63, 3.8) is 0 Å². The number of hydrogen-bond acceptors (Lipinski definition) is 8. The molecule has 1 saturated heterocycles. The minimum absolute atomic E-state index is 0.0693. The van der Waals surface area contributed by atoms with E-state index in [1.807, 2.05) is 0 Å². The second-order valence-electron chi connectivity index (χ2n) is 7.07. The van der Waals surface area contributed by atoms with Crippen molar-refractivity contribution in [2.75, 3.05) is 31.8 Å². The number of nitrogens with zero attached hydrogens (tertiary/aromatic N) is 1. The van der Waals surface area contributed by atoms with E-state index in [4.69, 9.17) is 4.74 Å². The van der Waals surface area contributed by atoms with Crippen LogP contribution < -0.4 is 5.32 Å². The predicted molar refractivity (Wildman–Crippen MR) is 115 cm³/mol. The van der Waals surface area contributed by atoms with Gasteiger partial charge >= 0.3 is 5.97 Å². The highest BCUT2D eigenvalue weighted by atomic mass is 32.2. The summed E-state index contributed by atoms with van der Waals surface area (Å²) in [4.78, 5) is 24.2. The molecule has 2 heterocycles. The highest BCUT2D eigenvalue weighted by molar-refractivity contribution is 7.91. The zero-order valence-corrected chi connectivity index (χ0v) is 19.3. The molecular weight excluding hydrogens is 464 g/mol. The van der Waals surface area contributed by atoms with Gasteiger partial charge in [0.2, 0.25) is 15.9 Å². The third-order valence-electron chi connectivity index (χ3n) is 5.00. The molecule has 1 aromatic heterocycles. The molecule has 0 unspecified atom stereocenters. The number of nitrogens with one attached hydrogen (secondary N) is 1. The molecule has 0 spiro atoms. The lowest BCUT2D eigenvalue weighted by molar-refractivity contribution is -0.120. The van der Waals surface area contributed by atoms with Crippen LogP contribution in [0.15, 0.2) is 45.5 Å². The lowest BCUT2D eigenvalue weighted by atomic mass is 9.97. The summed E-state index contributed by atoms with van der Waals surface area (Å²) in [6.45, 7) is 0.246. The summed E-state index contributed by atoms with van der Waals surface area (Å²) in [5.41, 5.74) is 0.270. The van der Waals surface area contributed by atoms with Crippen LogP contribution in [-0.2, 0) is 29.4 Å². The molecule has 1 amide bonds. The van der Waals surface area contributed by atoms with Crippen molar-refractivity contribution >= 4 is 48.1 Å². The number of carbonyl (C=O) groups excluding carboxylic acids is 2. The number of benzene rings is 1. The molecule has 1 N–H and O–H groups in total. The molecule has 0 saturated carbocycles. The molecule has 1 fully saturated rings. The van der Waals surface area contributed by atoms with Gasteiger partial charge in [-0.05, 0) is 42.5 Å². The Morgan fingerprint density at radius 1 is 1.10 bits per heavy atom. The maximum atomic E-state index is 12.9. The number of sulfone groups is 1. The van der Waals surface area contributed by atoms with Gasteiger partial charge in [-0.2, -0.15) is 4.31 Å². The van der Waals surface area contributed by atoms with E-state index in [-0.39, 0.29) is 34.4 Å². The summed E-state index contributed by atoms with van der Waals surface area (Å²) in [6, 6.07) is 6.80. The molecule has 0 bridgehead atoms. The maximum absolute atomic E-state index is 12.9. The fourth-order valence-corrected chi connectivity index (χ4v) is 6.30. The van der Waals surface area contributed by atoms with Gasteiger partial charge in [-0.15, -0.1) is 11.3 Å². The number of piperidine rings is 1. The van der Waals surface area contributed by atoms with Gasteiger partial charge in [-0.25, -0.2) is 21.6 Å². The van der Waals surface area contributed by atoms with E-state index in [1.165, 1.54) is 41.0 Å². The molecule has 3 rings (SSSR count). The van der Waals surface area contributed by atoms with Crippen LogP contribution in [0, 0.1) is 5.92 Å². The summed E-state index contributed by atoms with van der Waals surface area (Å²) in [5, 5.41) is 4.79. The van der Waals surface area contributed by atoms with Crippen LogP contribution in [0.3, 0.4) is 0 Å². The zero-order chi connectivity index (χ0) is 22.8. The van der Waals surface area contributed by atoms with Gasteiger partial charge < -0.3 is 10.1 Å². The smallest absolute Gasteiger partial charge is 0.340 e. The highest BCUT2D eigenvalue weighted by Gasteiger charge is 2.33. The summed E-state index contributed by atoms with van der Waals surface area (Å²) < 4.78 is 55.3. The van der Waals surface area contributed by atoms with Crippen LogP contribution in [-0.4, -0.2) is 59.5 Å². The topological polar surface area (TPSA) is 127 Å². The first-order chi connectivity index (χ1) is 14.5. The van der Waals surface area contributed by atoms with Crippen molar-refractivity contribution in [1.29, 1.82) is 0 Å². The van der Waals surface area contributed by atoms with Crippen molar-refractivity contribution in [1.82, 2.24) is 4.31 Å². The number of amides is 1. The van der Waals surface area contributed by atoms with Crippen LogP contribution in [0.1, 0.15) is 23.2 Å². The van der Waals surface area contributed by atoms with Crippen LogP contribution in [0.4, 0.5) is 5.00 Å². The molecule has 12 heteroatoms. The number of rotatable bonds is 6. The Labute approximate surface area is 185 Å².